The summed E-state index contributed by atoms with van der Waals surface area (Å²) in [4.78, 5) is 0. The second kappa shape index (κ2) is 10.2. The number of rotatable bonds is 3. The molecule has 0 amide bonds. The Morgan fingerprint density at radius 2 is 0.386 bits per heavy atom. The highest BCUT2D eigenvalue weighted by molar-refractivity contribution is 6.30. The predicted molar refractivity (Wildman–Crippen MR) is 192 cm³/mol. The molecule has 0 saturated heterocycles. The van der Waals surface area contributed by atoms with Gasteiger partial charge in [-0.2, -0.15) is 0 Å². The van der Waals surface area contributed by atoms with Crippen LogP contribution in [0.15, 0.2) is 133 Å². The number of aryl methyl sites for hydroxylation is 4. The van der Waals surface area contributed by atoms with Crippen LogP contribution in [0.2, 0.25) is 0 Å². The first kappa shape index (κ1) is 26.4. The molecular formula is C44H34. The summed E-state index contributed by atoms with van der Waals surface area (Å²) < 4.78 is 0. The van der Waals surface area contributed by atoms with E-state index >= 15 is 0 Å². The second-order valence-corrected chi connectivity index (χ2v) is 12.2. The summed E-state index contributed by atoms with van der Waals surface area (Å²) in [5, 5.41) is 10.4. The van der Waals surface area contributed by atoms with Gasteiger partial charge in [-0.15, -0.1) is 0 Å². The topological polar surface area (TPSA) is 0 Å². The number of hydrogen-bond acceptors (Lipinski definition) is 0. The maximum absolute atomic E-state index is 2.33. The fourth-order valence-electron chi connectivity index (χ4n) is 7.75. The lowest BCUT2D eigenvalue weighted by molar-refractivity contribution is 1.39. The van der Waals surface area contributed by atoms with Crippen molar-refractivity contribution in [3.8, 4) is 33.4 Å². The zero-order valence-corrected chi connectivity index (χ0v) is 25.7. The van der Waals surface area contributed by atoms with E-state index in [0.717, 1.165) is 0 Å². The molecule has 8 aromatic rings. The van der Waals surface area contributed by atoms with E-state index < -0.39 is 0 Å². The van der Waals surface area contributed by atoms with Crippen LogP contribution in [0.3, 0.4) is 0 Å². The van der Waals surface area contributed by atoms with Gasteiger partial charge in [-0.3, -0.25) is 0 Å². The normalized spacial score (nSPS) is 11.6. The van der Waals surface area contributed by atoms with E-state index in [-0.39, 0.29) is 0 Å². The fourth-order valence-corrected chi connectivity index (χ4v) is 7.75. The smallest absolute Gasteiger partial charge is 0.00139 e. The molecule has 0 heterocycles. The summed E-state index contributed by atoms with van der Waals surface area (Å²) in [7, 11) is 0. The monoisotopic (exact) mass is 562 g/mol. The van der Waals surface area contributed by atoms with Crippen molar-refractivity contribution in [2.24, 2.45) is 0 Å². The Morgan fingerprint density at radius 1 is 0.205 bits per heavy atom. The Hall–Kier alpha value is -5.20. The van der Waals surface area contributed by atoms with Gasteiger partial charge in [0.15, 0.2) is 0 Å². The number of benzene rings is 8. The molecule has 0 N–H and O–H groups in total. The molecule has 0 spiro atoms. The van der Waals surface area contributed by atoms with Gasteiger partial charge in [0.05, 0.1) is 0 Å². The molecule has 0 saturated carbocycles. The van der Waals surface area contributed by atoms with E-state index in [1.54, 1.807) is 0 Å². The van der Waals surface area contributed by atoms with Crippen LogP contribution in [0.25, 0.3) is 76.5 Å². The van der Waals surface area contributed by atoms with Crippen LogP contribution in [0, 0.1) is 27.7 Å². The van der Waals surface area contributed by atoms with Crippen LogP contribution in [0.4, 0.5) is 0 Å². The van der Waals surface area contributed by atoms with Crippen LogP contribution in [0.1, 0.15) is 22.3 Å². The summed E-state index contributed by atoms with van der Waals surface area (Å²) in [5.74, 6) is 0. The summed E-state index contributed by atoms with van der Waals surface area (Å²) in [5.41, 5.74) is 13.2. The highest BCUT2D eigenvalue weighted by Crippen LogP contribution is 2.51. The highest BCUT2D eigenvalue weighted by Gasteiger charge is 2.23. The van der Waals surface area contributed by atoms with Crippen molar-refractivity contribution in [3.63, 3.8) is 0 Å². The van der Waals surface area contributed by atoms with Crippen molar-refractivity contribution in [1.82, 2.24) is 0 Å². The van der Waals surface area contributed by atoms with E-state index in [1.165, 1.54) is 98.7 Å². The zero-order chi connectivity index (χ0) is 29.9. The van der Waals surface area contributed by atoms with Crippen LogP contribution >= 0.6 is 0 Å². The third-order valence-corrected chi connectivity index (χ3v) is 9.58. The zero-order valence-electron chi connectivity index (χ0n) is 25.7. The van der Waals surface area contributed by atoms with Gasteiger partial charge >= 0.3 is 0 Å². The quantitative estimate of drug-likeness (QED) is 0.188. The molecular weight excluding hydrogens is 528 g/mol. The first-order valence-corrected chi connectivity index (χ1v) is 15.5. The molecule has 0 bridgehead atoms. The standard InChI is InChI=1S/C44H34/c1-27-15-13-16-28(2)39(27)41-31-19-5-9-23-35(31)43(36-24-10-6-20-32(36)41)44-37-25-11-7-21-33(37)42(34-22-8-12-26-38(34)44)40-29(3)17-14-18-30(40)4/h5-26H,1-4H3. The lowest BCUT2D eigenvalue weighted by Gasteiger charge is -2.23. The van der Waals surface area contributed by atoms with Crippen molar-refractivity contribution in [1.29, 1.82) is 0 Å². The Bertz CT molecular complexity index is 2090. The highest BCUT2D eigenvalue weighted by atomic mass is 14.3. The van der Waals surface area contributed by atoms with Crippen LogP contribution in [-0.2, 0) is 0 Å². The first-order valence-electron chi connectivity index (χ1n) is 15.5. The van der Waals surface area contributed by atoms with E-state index in [2.05, 4.69) is 161 Å². The van der Waals surface area contributed by atoms with Gasteiger partial charge in [0.2, 0.25) is 0 Å². The average Bonchev–Trinajstić information content (AvgIpc) is 3.04. The van der Waals surface area contributed by atoms with E-state index in [9.17, 15) is 0 Å². The van der Waals surface area contributed by atoms with E-state index in [0.29, 0.717) is 0 Å². The largest absolute Gasteiger partial charge is 0.0617 e. The first-order chi connectivity index (χ1) is 21.5. The molecule has 0 unspecified atom stereocenters. The molecule has 0 radical (unpaired) electrons. The van der Waals surface area contributed by atoms with Gasteiger partial charge in [0.1, 0.15) is 0 Å². The van der Waals surface area contributed by atoms with Gasteiger partial charge in [-0.25, -0.2) is 0 Å². The van der Waals surface area contributed by atoms with Crippen LogP contribution in [0.5, 0.6) is 0 Å². The minimum Gasteiger partial charge on any atom is -0.0617 e. The molecule has 0 aliphatic carbocycles. The Morgan fingerprint density at radius 3 is 0.591 bits per heavy atom. The molecule has 0 fully saturated rings. The number of fused-ring (bicyclic) bond motifs is 4. The van der Waals surface area contributed by atoms with Gasteiger partial charge in [-0.05, 0) is 126 Å². The Kier molecular flexibility index (Phi) is 6.13. The molecule has 0 aliphatic heterocycles. The summed E-state index contributed by atoms with van der Waals surface area (Å²) in [6.07, 6.45) is 0. The third-order valence-electron chi connectivity index (χ3n) is 9.58. The van der Waals surface area contributed by atoms with E-state index in [4.69, 9.17) is 0 Å². The maximum atomic E-state index is 2.33. The maximum Gasteiger partial charge on any atom is -0.00139 e. The van der Waals surface area contributed by atoms with Crippen LogP contribution in [-0.4, -0.2) is 0 Å². The Labute approximate surface area is 259 Å². The van der Waals surface area contributed by atoms with Crippen molar-refractivity contribution >= 4 is 43.1 Å². The van der Waals surface area contributed by atoms with Crippen molar-refractivity contribution in [2.45, 2.75) is 27.7 Å². The molecule has 0 aromatic heterocycles. The van der Waals surface area contributed by atoms with Crippen molar-refractivity contribution in [3.05, 3.63) is 156 Å². The van der Waals surface area contributed by atoms with Gasteiger partial charge in [0.25, 0.3) is 0 Å². The minimum absolute atomic E-state index is 1.29. The number of hydrogen-bond donors (Lipinski definition) is 0. The van der Waals surface area contributed by atoms with Gasteiger partial charge < -0.3 is 0 Å². The van der Waals surface area contributed by atoms with Crippen molar-refractivity contribution in [2.75, 3.05) is 0 Å². The van der Waals surface area contributed by atoms with Crippen molar-refractivity contribution < 1.29 is 0 Å². The second-order valence-electron chi connectivity index (χ2n) is 12.2. The van der Waals surface area contributed by atoms with Gasteiger partial charge in [-0.1, -0.05) is 133 Å². The lowest BCUT2D eigenvalue weighted by Crippen LogP contribution is -1.97. The molecule has 8 aromatic carbocycles. The van der Waals surface area contributed by atoms with E-state index in [1.807, 2.05) is 0 Å². The molecule has 0 nitrogen and oxygen atoms in total. The molecule has 0 heteroatoms. The molecule has 44 heavy (non-hydrogen) atoms. The SMILES string of the molecule is Cc1cccc(C)c1-c1c2ccccc2c(-c2c3ccccc3c(-c3c(C)cccc3C)c3ccccc23)c2ccccc12. The molecule has 210 valence electrons. The summed E-state index contributed by atoms with van der Waals surface area (Å²) in [6, 6.07) is 49.5. The molecule has 0 aliphatic rings. The Balaban J connectivity index is 1.62. The molecule has 0 atom stereocenters. The minimum atomic E-state index is 1.29. The lowest BCUT2D eigenvalue weighted by atomic mass is 9.79. The average molecular weight is 563 g/mol. The van der Waals surface area contributed by atoms with Gasteiger partial charge in [0, 0.05) is 0 Å². The summed E-state index contributed by atoms with van der Waals surface area (Å²) in [6.45, 7) is 8.97. The van der Waals surface area contributed by atoms with Crippen LogP contribution < -0.4 is 0 Å². The summed E-state index contributed by atoms with van der Waals surface area (Å²) >= 11 is 0. The molecule has 8 rings (SSSR count). The third kappa shape index (κ3) is 3.84. The fraction of sp³-hybridized carbons (Fsp3) is 0.0909. The predicted octanol–water partition coefficient (Wildman–Crippen LogP) is 12.5.